The number of thioether (sulfide) groups is 1. The van der Waals surface area contributed by atoms with E-state index >= 15 is 0 Å². The van der Waals surface area contributed by atoms with E-state index < -0.39 is 0 Å². The Kier molecular flexibility index (Phi) is 3.80. The normalized spacial score (nSPS) is 10.6. The highest BCUT2D eigenvalue weighted by Gasteiger charge is 2.14. The van der Waals surface area contributed by atoms with Crippen molar-refractivity contribution in [2.24, 2.45) is 0 Å². The largest absolute Gasteiger partial charge is 0.508 e. The number of aryl methyl sites for hydroxylation is 2. The molecule has 0 unspecified atom stereocenters. The van der Waals surface area contributed by atoms with E-state index in [1.165, 1.54) is 23.9 Å². The van der Waals surface area contributed by atoms with Gasteiger partial charge in [-0.15, -0.1) is 0 Å². The van der Waals surface area contributed by atoms with Crippen LogP contribution in [0.2, 0.25) is 0 Å². The Balaban J connectivity index is 2.05. The van der Waals surface area contributed by atoms with Crippen LogP contribution in [0.3, 0.4) is 0 Å². The number of phenols is 2. The van der Waals surface area contributed by atoms with Crippen molar-refractivity contribution in [1.29, 1.82) is 0 Å². The summed E-state index contributed by atoms with van der Waals surface area (Å²) in [6.45, 7) is 3.64. The van der Waals surface area contributed by atoms with Gasteiger partial charge in [0, 0.05) is 6.07 Å². The van der Waals surface area contributed by atoms with E-state index in [1.807, 2.05) is 6.92 Å². The van der Waals surface area contributed by atoms with Crippen LogP contribution in [0.4, 0.5) is 0 Å². The number of aromatic nitrogens is 1. The Labute approximate surface area is 114 Å². The highest BCUT2D eigenvalue weighted by molar-refractivity contribution is 7.99. The van der Waals surface area contributed by atoms with Gasteiger partial charge in [0.05, 0.1) is 17.0 Å². The molecule has 0 atom stereocenters. The van der Waals surface area contributed by atoms with Crippen LogP contribution < -0.4 is 0 Å². The summed E-state index contributed by atoms with van der Waals surface area (Å²) in [5.41, 5.74) is 0.965. The molecule has 0 saturated heterocycles. The minimum atomic E-state index is -0.254. The molecule has 0 aliphatic heterocycles. The van der Waals surface area contributed by atoms with Gasteiger partial charge in [-0.3, -0.25) is 4.79 Å². The standard InChI is InChI=1S/C13H13NO4S/c1-7-8(2)18-13(14-7)19-6-12(17)10-4-3-9(15)5-11(10)16/h3-5,15-16H,6H2,1-2H3. The summed E-state index contributed by atoms with van der Waals surface area (Å²) in [6.07, 6.45) is 0. The van der Waals surface area contributed by atoms with Crippen molar-refractivity contribution in [1.82, 2.24) is 4.98 Å². The monoisotopic (exact) mass is 279 g/mol. The number of nitrogens with zero attached hydrogens (tertiary/aromatic N) is 1. The molecule has 0 fully saturated rings. The first-order valence-electron chi connectivity index (χ1n) is 5.59. The lowest BCUT2D eigenvalue weighted by atomic mass is 10.1. The van der Waals surface area contributed by atoms with E-state index in [0.29, 0.717) is 5.22 Å². The van der Waals surface area contributed by atoms with Crippen LogP contribution in [0.25, 0.3) is 0 Å². The van der Waals surface area contributed by atoms with Gasteiger partial charge in [-0.05, 0) is 26.0 Å². The van der Waals surface area contributed by atoms with Gasteiger partial charge in [0.15, 0.2) is 5.78 Å². The number of rotatable bonds is 4. The summed E-state index contributed by atoms with van der Waals surface area (Å²) in [4.78, 5) is 16.1. The van der Waals surface area contributed by atoms with E-state index in [9.17, 15) is 9.90 Å². The molecule has 2 rings (SSSR count). The maximum atomic E-state index is 11.9. The van der Waals surface area contributed by atoms with E-state index in [-0.39, 0.29) is 28.6 Å². The van der Waals surface area contributed by atoms with Crippen molar-refractivity contribution in [2.75, 3.05) is 5.75 Å². The molecular weight excluding hydrogens is 266 g/mol. The molecule has 1 aromatic carbocycles. The van der Waals surface area contributed by atoms with Gasteiger partial charge in [-0.1, -0.05) is 11.8 Å². The van der Waals surface area contributed by atoms with Crippen molar-refractivity contribution in [2.45, 2.75) is 19.1 Å². The number of ketones is 1. The first-order chi connectivity index (χ1) is 8.97. The summed E-state index contributed by atoms with van der Waals surface area (Å²) >= 11 is 1.17. The maximum absolute atomic E-state index is 11.9. The predicted octanol–water partition coefficient (Wildman–Crippen LogP) is 2.68. The molecule has 0 radical (unpaired) electrons. The number of hydrogen-bond donors (Lipinski definition) is 2. The number of benzene rings is 1. The lowest BCUT2D eigenvalue weighted by molar-refractivity contribution is 0.101. The first-order valence-corrected chi connectivity index (χ1v) is 6.58. The number of phenolic OH excluding ortho intramolecular Hbond substituents is 2. The average molecular weight is 279 g/mol. The molecule has 0 bridgehead atoms. The average Bonchev–Trinajstić information content (AvgIpc) is 2.66. The third-order valence-electron chi connectivity index (χ3n) is 2.62. The summed E-state index contributed by atoms with van der Waals surface area (Å²) in [5, 5.41) is 19.2. The van der Waals surface area contributed by atoms with E-state index in [0.717, 1.165) is 17.5 Å². The third-order valence-corrected chi connectivity index (χ3v) is 3.45. The van der Waals surface area contributed by atoms with E-state index in [4.69, 9.17) is 9.52 Å². The van der Waals surface area contributed by atoms with Gasteiger partial charge in [0.1, 0.15) is 17.3 Å². The highest BCUT2D eigenvalue weighted by Crippen LogP contribution is 2.26. The molecule has 100 valence electrons. The fourth-order valence-electron chi connectivity index (χ4n) is 1.47. The summed E-state index contributed by atoms with van der Waals surface area (Å²) in [5.74, 6) is 0.266. The summed E-state index contributed by atoms with van der Waals surface area (Å²) in [6, 6.07) is 3.88. The molecule has 2 aromatic rings. The van der Waals surface area contributed by atoms with Crippen LogP contribution in [-0.4, -0.2) is 26.7 Å². The van der Waals surface area contributed by atoms with Crippen molar-refractivity contribution in [3.63, 3.8) is 0 Å². The van der Waals surface area contributed by atoms with E-state index in [1.54, 1.807) is 6.92 Å². The maximum Gasteiger partial charge on any atom is 0.256 e. The lowest BCUT2D eigenvalue weighted by Gasteiger charge is -2.02. The molecule has 0 aliphatic carbocycles. The van der Waals surface area contributed by atoms with Gasteiger partial charge in [0.25, 0.3) is 5.22 Å². The molecule has 2 N–H and O–H groups in total. The van der Waals surface area contributed by atoms with Crippen molar-refractivity contribution < 1.29 is 19.4 Å². The van der Waals surface area contributed by atoms with Gasteiger partial charge in [0.2, 0.25) is 0 Å². The van der Waals surface area contributed by atoms with Crippen molar-refractivity contribution in [3.8, 4) is 11.5 Å². The number of carbonyl (C=O) groups excluding carboxylic acids is 1. The molecule has 6 heteroatoms. The second kappa shape index (κ2) is 5.36. The topological polar surface area (TPSA) is 83.6 Å². The van der Waals surface area contributed by atoms with Crippen LogP contribution in [0.5, 0.6) is 11.5 Å². The van der Waals surface area contributed by atoms with E-state index in [2.05, 4.69) is 4.98 Å². The van der Waals surface area contributed by atoms with Gasteiger partial charge >= 0.3 is 0 Å². The first kappa shape index (κ1) is 13.5. The number of oxazole rings is 1. The molecular formula is C13H13NO4S. The lowest BCUT2D eigenvalue weighted by Crippen LogP contribution is -2.02. The smallest absolute Gasteiger partial charge is 0.256 e. The molecule has 1 aromatic heterocycles. The molecule has 19 heavy (non-hydrogen) atoms. The zero-order valence-corrected chi connectivity index (χ0v) is 11.3. The third kappa shape index (κ3) is 3.08. The molecule has 0 aliphatic rings. The Hall–Kier alpha value is -1.95. The zero-order valence-electron chi connectivity index (χ0n) is 10.5. The number of carbonyl (C=O) groups is 1. The van der Waals surface area contributed by atoms with Crippen LogP contribution in [0.15, 0.2) is 27.8 Å². The fourth-order valence-corrected chi connectivity index (χ4v) is 2.26. The van der Waals surface area contributed by atoms with Crippen molar-refractivity contribution in [3.05, 3.63) is 35.2 Å². The van der Waals surface area contributed by atoms with Gasteiger partial charge in [-0.2, -0.15) is 0 Å². The molecule has 5 nitrogen and oxygen atoms in total. The van der Waals surface area contributed by atoms with Crippen molar-refractivity contribution >= 4 is 17.5 Å². The van der Waals surface area contributed by atoms with Crippen LogP contribution in [-0.2, 0) is 0 Å². The Morgan fingerprint density at radius 3 is 2.68 bits per heavy atom. The van der Waals surface area contributed by atoms with Gasteiger partial charge in [-0.25, -0.2) is 4.98 Å². The second-order valence-corrected chi connectivity index (χ2v) is 4.96. The SMILES string of the molecule is Cc1nc(SCC(=O)c2ccc(O)cc2O)oc1C. The van der Waals surface area contributed by atoms with Crippen LogP contribution >= 0.6 is 11.8 Å². The minimum absolute atomic E-state index is 0.0827. The zero-order chi connectivity index (χ0) is 14.0. The number of Topliss-reactive ketones (excluding diaryl/α,β-unsaturated/α-hetero) is 1. The molecule has 0 amide bonds. The molecule has 0 saturated carbocycles. The highest BCUT2D eigenvalue weighted by atomic mass is 32.2. The molecule has 1 heterocycles. The number of hydrogen-bond acceptors (Lipinski definition) is 6. The second-order valence-electron chi connectivity index (χ2n) is 4.03. The van der Waals surface area contributed by atoms with Crippen LogP contribution in [0.1, 0.15) is 21.8 Å². The Morgan fingerprint density at radius 1 is 1.37 bits per heavy atom. The summed E-state index contributed by atoms with van der Waals surface area (Å²) < 4.78 is 5.35. The van der Waals surface area contributed by atoms with Crippen LogP contribution in [0, 0.1) is 13.8 Å². The number of aromatic hydroxyl groups is 2. The predicted molar refractivity (Wildman–Crippen MR) is 70.8 cm³/mol. The summed E-state index contributed by atoms with van der Waals surface area (Å²) in [7, 11) is 0. The quantitative estimate of drug-likeness (QED) is 0.661. The van der Waals surface area contributed by atoms with Gasteiger partial charge < -0.3 is 14.6 Å². The Bertz CT molecular complexity index is 602. The minimum Gasteiger partial charge on any atom is -0.508 e. The Morgan fingerprint density at radius 2 is 2.11 bits per heavy atom. The molecule has 0 spiro atoms. The fraction of sp³-hybridized carbons (Fsp3) is 0.231.